The van der Waals surface area contributed by atoms with Crippen molar-refractivity contribution in [3.05, 3.63) is 88.6 Å². The Labute approximate surface area is 243 Å². The number of amides is 1. The van der Waals surface area contributed by atoms with Gasteiger partial charge in [0.25, 0.3) is 0 Å². The number of benzene rings is 2. The van der Waals surface area contributed by atoms with Gasteiger partial charge in [0.15, 0.2) is 0 Å². The van der Waals surface area contributed by atoms with E-state index in [0.29, 0.717) is 24.5 Å². The van der Waals surface area contributed by atoms with E-state index in [1.54, 1.807) is 12.1 Å². The molecule has 0 unspecified atom stereocenters. The number of likely N-dealkylation sites (tertiary alicyclic amines) is 2. The Balaban J connectivity index is 0.000000426. The highest BCUT2D eigenvalue weighted by atomic mass is 32.1. The Morgan fingerprint density at radius 3 is 2.12 bits per heavy atom. The van der Waals surface area contributed by atoms with E-state index >= 15 is 0 Å². The van der Waals surface area contributed by atoms with Gasteiger partial charge in [0.05, 0.1) is 0 Å². The van der Waals surface area contributed by atoms with E-state index in [1.807, 2.05) is 28.4 Å². The van der Waals surface area contributed by atoms with E-state index in [0.717, 1.165) is 70.4 Å². The van der Waals surface area contributed by atoms with Crippen LogP contribution in [0.5, 0.6) is 0 Å². The molecule has 2 aliphatic rings. The third-order valence-electron chi connectivity index (χ3n) is 7.31. The lowest BCUT2D eigenvalue weighted by molar-refractivity contribution is -0.134. The number of fused-ring (bicyclic) bond motifs is 1. The predicted molar refractivity (Wildman–Crippen MR) is 159 cm³/mol. The zero-order chi connectivity index (χ0) is 29.2. The number of aliphatic carboxylic acids is 2. The first-order valence-corrected chi connectivity index (χ1v) is 14.7. The number of rotatable bonds is 8. The topological polar surface area (TPSA) is 98.2 Å². The van der Waals surface area contributed by atoms with Gasteiger partial charge >= 0.3 is 11.9 Å². The number of halogens is 1. The molecule has 2 fully saturated rings. The molecule has 9 heteroatoms. The van der Waals surface area contributed by atoms with Gasteiger partial charge in [-0.05, 0) is 79.4 Å². The molecule has 3 heterocycles. The summed E-state index contributed by atoms with van der Waals surface area (Å²) in [7, 11) is 0. The molecule has 2 N–H and O–H groups in total. The molecule has 1 amide bonds. The van der Waals surface area contributed by atoms with Gasteiger partial charge in [-0.3, -0.25) is 4.79 Å². The molecule has 7 nitrogen and oxygen atoms in total. The second-order valence-corrected chi connectivity index (χ2v) is 11.3. The fourth-order valence-electron chi connectivity index (χ4n) is 5.26. The van der Waals surface area contributed by atoms with Crippen molar-refractivity contribution in [1.29, 1.82) is 0 Å². The number of thiophene rings is 1. The van der Waals surface area contributed by atoms with Crippen LogP contribution in [0.4, 0.5) is 4.39 Å². The maximum Gasteiger partial charge on any atom is 0.328 e. The lowest BCUT2D eigenvalue weighted by Gasteiger charge is -2.30. The summed E-state index contributed by atoms with van der Waals surface area (Å²) in [5.41, 5.74) is 3.83. The van der Waals surface area contributed by atoms with Crippen LogP contribution in [0.1, 0.15) is 49.0 Å². The number of piperidine rings is 1. The highest BCUT2D eigenvalue weighted by Crippen LogP contribution is 2.38. The van der Waals surface area contributed by atoms with Crippen molar-refractivity contribution in [2.24, 2.45) is 0 Å². The molecule has 0 aliphatic carbocycles. The number of nitrogens with zero attached hydrogens (tertiary/aromatic N) is 2. The summed E-state index contributed by atoms with van der Waals surface area (Å²) < 4.78 is 14.9. The summed E-state index contributed by atoms with van der Waals surface area (Å²) in [6.45, 7) is 4.91. The van der Waals surface area contributed by atoms with Crippen molar-refractivity contribution in [1.82, 2.24) is 9.80 Å². The maximum absolute atomic E-state index is 13.6. The van der Waals surface area contributed by atoms with Crippen LogP contribution in [0, 0.1) is 5.82 Å². The van der Waals surface area contributed by atoms with Gasteiger partial charge < -0.3 is 20.0 Å². The van der Waals surface area contributed by atoms with Gasteiger partial charge in [-0.15, -0.1) is 11.3 Å². The smallest absolute Gasteiger partial charge is 0.328 e. The molecule has 2 saturated heterocycles. The summed E-state index contributed by atoms with van der Waals surface area (Å²) >= 11 is 1.82. The van der Waals surface area contributed by atoms with Gasteiger partial charge in [0.2, 0.25) is 5.91 Å². The summed E-state index contributed by atoms with van der Waals surface area (Å²) in [6, 6.07) is 17.7. The summed E-state index contributed by atoms with van der Waals surface area (Å²) in [4.78, 5) is 37.2. The molecule has 0 saturated carbocycles. The Kier molecular flexibility index (Phi) is 10.8. The molecule has 1 aromatic heterocycles. The van der Waals surface area contributed by atoms with Crippen molar-refractivity contribution in [2.75, 3.05) is 32.7 Å². The molecular formula is C32H35FN2O5S. The monoisotopic (exact) mass is 578 g/mol. The number of carboxylic acid groups (broad SMARTS) is 2. The first-order valence-electron chi connectivity index (χ1n) is 13.9. The van der Waals surface area contributed by atoms with Crippen molar-refractivity contribution in [3.63, 3.8) is 0 Å². The highest BCUT2D eigenvalue weighted by molar-refractivity contribution is 7.20. The standard InChI is InChI=1S/C28H31FN2OS.C4H4O4/c29-24-11-9-21(10-12-24)28(26-20-23-6-1-2-7-25(23)33-26)22-13-18-30(19-14-22)15-5-8-27(32)31-16-3-4-17-31;5-3(6)1-2-4(7)8/h1-2,6-7,9-12,20H,3-5,8,13-19H2;1-2H,(H,5,6)(H,7,8). The summed E-state index contributed by atoms with van der Waals surface area (Å²) in [5.74, 6) is -2.38. The van der Waals surface area contributed by atoms with Crippen LogP contribution in [0.3, 0.4) is 0 Å². The molecular weight excluding hydrogens is 543 g/mol. The third kappa shape index (κ3) is 8.83. The van der Waals surface area contributed by atoms with E-state index in [1.165, 1.54) is 26.1 Å². The summed E-state index contributed by atoms with van der Waals surface area (Å²) in [5, 5.41) is 16.9. The number of carbonyl (C=O) groups excluding carboxylic acids is 1. The minimum atomic E-state index is -1.26. The molecule has 2 aliphatic heterocycles. The van der Waals surface area contributed by atoms with Gasteiger partial charge in [-0.25, -0.2) is 14.0 Å². The molecule has 0 atom stereocenters. The largest absolute Gasteiger partial charge is 0.478 e. The number of carbonyl (C=O) groups is 3. The van der Waals surface area contributed by atoms with Crippen LogP contribution in [0.15, 0.2) is 72.3 Å². The Hall–Kier alpha value is -3.82. The van der Waals surface area contributed by atoms with Gasteiger partial charge in [-0.1, -0.05) is 35.9 Å². The average molecular weight is 579 g/mol. The van der Waals surface area contributed by atoms with E-state index in [4.69, 9.17) is 10.2 Å². The molecule has 2 aromatic carbocycles. The van der Waals surface area contributed by atoms with Crippen molar-refractivity contribution in [2.45, 2.75) is 38.5 Å². The van der Waals surface area contributed by atoms with E-state index in [2.05, 4.69) is 35.2 Å². The fourth-order valence-corrected chi connectivity index (χ4v) is 6.44. The van der Waals surface area contributed by atoms with Crippen molar-refractivity contribution >= 4 is 44.8 Å². The molecule has 5 rings (SSSR count). The maximum atomic E-state index is 13.6. The van der Waals surface area contributed by atoms with Crippen molar-refractivity contribution < 1.29 is 29.0 Å². The molecule has 0 spiro atoms. The quantitative estimate of drug-likeness (QED) is 0.316. The first kappa shape index (κ1) is 30.1. The number of hydrogen-bond donors (Lipinski definition) is 2. The predicted octanol–water partition coefficient (Wildman–Crippen LogP) is 6.05. The van der Waals surface area contributed by atoms with E-state index in [-0.39, 0.29) is 5.82 Å². The highest BCUT2D eigenvalue weighted by Gasteiger charge is 2.22. The van der Waals surface area contributed by atoms with Gasteiger partial charge in [-0.2, -0.15) is 0 Å². The average Bonchev–Trinajstić information content (AvgIpc) is 3.65. The van der Waals surface area contributed by atoms with Crippen LogP contribution < -0.4 is 0 Å². The normalized spacial score (nSPS) is 15.6. The number of hydrogen-bond acceptors (Lipinski definition) is 5. The van der Waals surface area contributed by atoms with Crippen LogP contribution in [0.25, 0.3) is 15.7 Å². The Bertz CT molecular complexity index is 1360. The molecule has 216 valence electrons. The molecule has 3 aromatic rings. The molecule has 41 heavy (non-hydrogen) atoms. The van der Waals surface area contributed by atoms with Gasteiger partial charge in [0, 0.05) is 54.3 Å². The van der Waals surface area contributed by atoms with Crippen LogP contribution in [-0.2, 0) is 14.4 Å². The fraction of sp³-hybridized carbons (Fsp3) is 0.344. The first-order chi connectivity index (χ1) is 19.8. The zero-order valence-corrected chi connectivity index (χ0v) is 23.7. The van der Waals surface area contributed by atoms with Crippen LogP contribution in [-0.4, -0.2) is 70.6 Å². The molecule has 0 bridgehead atoms. The van der Waals surface area contributed by atoms with Crippen LogP contribution >= 0.6 is 11.3 Å². The van der Waals surface area contributed by atoms with Crippen molar-refractivity contribution in [3.8, 4) is 0 Å². The second-order valence-electron chi connectivity index (χ2n) is 10.2. The lowest BCUT2D eigenvalue weighted by Crippen LogP contribution is -2.33. The van der Waals surface area contributed by atoms with E-state index in [9.17, 15) is 18.8 Å². The third-order valence-corrected chi connectivity index (χ3v) is 8.44. The Morgan fingerprint density at radius 2 is 1.51 bits per heavy atom. The minimum Gasteiger partial charge on any atom is -0.478 e. The molecule has 0 radical (unpaired) electrons. The number of carboxylic acids is 2. The Morgan fingerprint density at radius 1 is 0.878 bits per heavy atom. The SMILES string of the molecule is O=C(CCCN1CCC(=C(c2ccc(F)cc2)c2cc3ccccc3s2)CC1)N1CCCC1.O=C(O)C=CC(=O)O. The van der Waals surface area contributed by atoms with Crippen LogP contribution in [0.2, 0.25) is 0 Å². The minimum absolute atomic E-state index is 0.197. The second kappa shape index (κ2) is 14.7. The zero-order valence-electron chi connectivity index (χ0n) is 22.9. The van der Waals surface area contributed by atoms with Gasteiger partial charge in [0.1, 0.15) is 5.82 Å². The van der Waals surface area contributed by atoms with E-state index < -0.39 is 11.9 Å². The summed E-state index contributed by atoms with van der Waals surface area (Å²) in [6.07, 6.45) is 7.07. The lowest BCUT2D eigenvalue weighted by atomic mass is 9.91.